The van der Waals surface area contributed by atoms with Crippen LogP contribution in [-0.4, -0.2) is 44.3 Å². The summed E-state index contributed by atoms with van der Waals surface area (Å²) in [4.78, 5) is 8.50. The van der Waals surface area contributed by atoms with E-state index in [1.807, 2.05) is 13.8 Å². The molecule has 0 amide bonds. The third kappa shape index (κ3) is 4.40. The van der Waals surface area contributed by atoms with Gasteiger partial charge >= 0.3 is 6.18 Å². The van der Waals surface area contributed by atoms with Crippen molar-refractivity contribution in [2.24, 2.45) is 15.9 Å². The number of nitrogens with zero attached hydrogens (tertiary/aromatic N) is 2. The van der Waals surface area contributed by atoms with Gasteiger partial charge in [0.1, 0.15) is 12.1 Å². The normalized spacial score (nSPS) is 24.0. The highest BCUT2D eigenvalue weighted by Gasteiger charge is 2.34. The van der Waals surface area contributed by atoms with Crippen molar-refractivity contribution in [1.82, 2.24) is 0 Å². The van der Waals surface area contributed by atoms with Crippen molar-refractivity contribution >= 4 is 11.8 Å². The smallest absolute Gasteiger partial charge is 0.389 e. The molecule has 0 aromatic carbocycles. The highest BCUT2D eigenvalue weighted by molar-refractivity contribution is 5.94. The summed E-state index contributed by atoms with van der Waals surface area (Å²) < 4.78 is 47.0. The Hall–Kier alpha value is -1.27. The third-order valence-electron chi connectivity index (χ3n) is 2.84. The van der Waals surface area contributed by atoms with Crippen LogP contribution in [0, 0.1) is 5.92 Å². The van der Waals surface area contributed by atoms with E-state index >= 15 is 0 Å². The second-order valence-corrected chi connectivity index (χ2v) is 4.70. The molecule has 0 fully saturated rings. The number of aliphatic imine (C=N–C) groups is 2. The molecule has 0 aromatic rings. The fourth-order valence-corrected chi connectivity index (χ4v) is 1.85. The molecule has 1 aliphatic rings. The van der Waals surface area contributed by atoms with Crippen LogP contribution in [0.15, 0.2) is 9.98 Å². The van der Waals surface area contributed by atoms with Crippen LogP contribution in [0.3, 0.4) is 0 Å². The average Bonchev–Trinajstić information content (AvgIpc) is 2.33. The molecule has 4 nitrogen and oxygen atoms in total. The first-order valence-electron chi connectivity index (χ1n) is 6.08. The van der Waals surface area contributed by atoms with Crippen LogP contribution < -0.4 is 0 Å². The Morgan fingerprint density at radius 1 is 1.11 bits per heavy atom. The SMILES string of the molecule is COC1=N[C@H](C(C)C)C(OC)=NC1CCC(F)(F)F. The predicted octanol–water partition coefficient (Wildman–Crippen LogP) is 2.83. The van der Waals surface area contributed by atoms with Crippen LogP contribution in [0.5, 0.6) is 0 Å². The quantitative estimate of drug-likeness (QED) is 0.797. The lowest BCUT2D eigenvalue weighted by molar-refractivity contribution is -0.135. The van der Waals surface area contributed by atoms with E-state index in [1.54, 1.807) is 0 Å². The minimum absolute atomic E-state index is 0.132. The fraction of sp³-hybridized carbons (Fsp3) is 0.833. The number of hydrogen-bond donors (Lipinski definition) is 0. The lowest BCUT2D eigenvalue weighted by Gasteiger charge is -2.27. The molecule has 0 saturated carbocycles. The minimum Gasteiger partial charge on any atom is -0.483 e. The molecule has 19 heavy (non-hydrogen) atoms. The topological polar surface area (TPSA) is 43.2 Å². The van der Waals surface area contributed by atoms with Gasteiger partial charge in [0.25, 0.3) is 0 Å². The fourth-order valence-electron chi connectivity index (χ4n) is 1.85. The van der Waals surface area contributed by atoms with Crippen molar-refractivity contribution in [3.63, 3.8) is 0 Å². The van der Waals surface area contributed by atoms with Gasteiger partial charge in [-0.3, -0.25) is 0 Å². The van der Waals surface area contributed by atoms with Crippen molar-refractivity contribution < 1.29 is 22.6 Å². The van der Waals surface area contributed by atoms with Crippen LogP contribution in [0.25, 0.3) is 0 Å². The second kappa shape index (κ2) is 6.25. The summed E-state index contributed by atoms with van der Waals surface area (Å²) in [6.45, 7) is 3.87. The van der Waals surface area contributed by atoms with Crippen LogP contribution in [0.1, 0.15) is 26.7 Å². The van der Waals surface area contributed by atoms with Crippen LogP contribution >= 0.6 is 0 Å². The maximum absolute atomic E-state index is 12.3. The molecule has 1 heterocycles. The number of alkyl halides is 3. The molecule has 0 N–H and O–H groups in total. The average molecular weight is 280 g/mol. The van der Waals surface area contributed by atoms with Gasteiger partial charge in [0.05, 0.1) is 14.2 Å². The van der Waals surface area contributed by atoms with Gasteiger partial charge in [-0.15, -0.1) is 0 Å². The predicted molar refractivity (Wildman–Crippen MR) is 66.6 cm³/mol. The van der Waals surface area contributed by atoms with Gasteiger partial charge in [0.2, 0.25) is 11.8 Å². The zero-order chi connectivity index (χ0) is 14.6. The van der Waals surface area contributed by atoms with Gasteiger partial charge in [-0.2, -0.15) is 13.2 Å². The zero-order valence-electron chi connectivity index (χ0n) is 11.5. The highest BCUT2D eigenvalue weighted by atomic mass is 19.4. The maximum Gasteiger partial charge on any atom is 0.389 e. The van der Waals surface area contributed by atoms with Crippen molar-refractivity contribution in [1.29, 1.82) is 0 Å². The van der Waals surface area contributed by atoms with E-state index in [1.165, 1.54) is 14.2 Å². The lowest BCUT2D eigenvalue weighted by atomic mass is 10.0. The Morgan fingerprint density at radius 2 is 1.68 bits per heavy atom. The van der Waals surface area contributed by atoms with E-state index in [2.05, 4.69) is 9.98 Å². The van der Waals surface area contributed by atoms with Gasteiger partial charge in [-0.1, -0.05) is 13.8 Å². The Balaban J connectivity index is 2.86. The lowest BCUT2D eigenvalue weighted by Crippen LogP contribution is -2.37. The Morgan fingerprint density at radius 3 is 2.11 bits per heavy atom. The minimum atomic E-state index is -4.21. The molecule has 2 atom stereocenters. The summed E-state index contributed by atoms with van der Waals surface area (Å²) in [6.07, 6.45) is -5.32. The standard InChI is InChI=1S/C12H19F3N2O2/c1-7(2)9-11(19-4)16-8(10(17-9)18-3)5-6-12(13,14)15/h7-9H,5-6H2,1-4H3/t8?,9-/m1/s1. The number of ether oxygens (including phenoxy) is 2. The van der Waals surface area contributed by atoms with Gasteiger partial charge in [-0.05, 0) is 12.3 Å². The van der Waals surface area contributed by atoms with Crippen LogP contribution in [0.4, 0.5) is 13.2 Å². The third-order valence-corrected chi connectivity index (χ3v) is 2.84. The molecule has 1 aliphatic heterocycles. The summed E-state index contributed by atoms with van der Waals surface area (Å²) in [5.74, 6) is 0.735. The Bertz CT molecular complexity index is 364. The maximum atomic E-state index is 12.3. The molecule has 0 bridgehead atoms. The van der Waals surface area contributed by atoms with Crippen LogP contribution in [0.2, 0.25) is 0 Å². The summed E-state index contributed by atoms with van der Waals surface area (Å²) in [5, 5.41) is 0. The first-order chi connectivity index (χ1) is 8.78. The summed E-state index contributed by atoms with van der Waals surface area (Å²) in [7, 11) is 2.84. The molecule has 1 unspecified atom stereocenters. The molecular weight excluding hydrogens is 261 g/mol. The van der Waals surface area contributed by atoms with E-state index in [9.17, 15) is 13.2 Å². The highest BCUT2D eigenvalue weighted by Crippen LogP contribution is 2.26. The van der Waals surface area contributed by atoms with Crippen molar-refractivity contribution in [3.8, 4) is 0 Å². The second-order valence-electron chi connectivity index (χ2n) is 4.70. The Labute approximate surface area is 110 Å². The van der Waals surface area contributed by atoms with Gasteiger partial charge < -0.3 is 9.47 Å². The number of methoxy groups -OCH3 is 2. The van der Waals surface area contributed by atoms with Gasteiger partial charge in [0, 0.05) is 6.42 Å². The largest absolute Gasteiger partial charge is 0.483 e. The van der Waals surface area contributed by atoms with E-state index < -0.39 is 18.6 Å². The first kappa shape index (κ1) is 15.8. The van der Waals surface area contributed by atoms with Gasteiger partial charge in [-0.25, -0.2) is 9.98 Å². The van der Waals surface area contributed by atoms with Gasteiger partial charge in [0.15, 0.2) is 0 Å². The molecule has 0 spiro atoms. The van der Waals surface area contributed by atoms with Crippen molar-refractivity contribution in [2.75, 3.05) is 14.2 Å². The first-order valence-corrected chi connectivity index (χ1v) is 6.08. The van der Waals surface area contributed by atoms with E-state index in [-0.39, 0.29) is 24.3 Å². The van der Waals surface area contributed by atoms with E-state index in [4.69, 9.17) is 9.47 Å². The van der Waals surface area contributed by atoms with Crippen LogP contribution in [-0.2, 0) is 9.47 Å². The number of hydrogen-bond acceptors (Lipinski definition) is 4. The molecule has 0 radical (unpaired) electrons. The molecule has 110 valence electrons. The summed E-state index contributed by atoms with van der Waals surface area (Å²) in [5.41, 5.74) is 0. The van der Waals surface area contributed by atoms with E-state index in [0.717, 1.165) is 0 Å². The monoisotopic (exact) mass is 280 g/mol. The molecule has 1 rings (SSSR count). The molecule has 0 saturated heterocycles. The molecule has 7 heteroatoms. The molecule has 0 aromatic heterocycles. The van der Waals surface area contributed by atoms with Crippen molar-refractivity contribution in [2.45, 2.75) is 44.9 Å². The van der Waals surface area contributed by atoms with Crippen molar-refractivity contribution in [3.05, 3.63) is 0 Å². The Kier molecular flexibility index (Phi) is 5.20. The summed E-state index contributed by atoms with van der Waals surface area (Å²) >= 11 is 0. The van der Waals surface area contributed by atoms with E-state index in [0.29, 0.717) is 5.90 Å². The molecular formula is C12H19F3N2O2. The zero-order valence-corrected chi connectivity index (χ0v) is 11.5. The molecule has 0 aliphatic carbocycles. The number of rotatable bonds is 3. The number of halogens is 3. The summed E-state index contributed by atoms with van der Waals surface area (Å²) in [6, 6.07) is -1.03.